The fraction of sp³-hybridized carbons (Fsp3) is 0.917. The predicted molar refractivity (Wildman–Crippen MR) is 74.5 cm³/mol. The maximum Gasteiger partial charge on any atom is 0.251 e. The largest absolute Gasteiger partial charge is 0.364 e. The number of ether oxygens (including phenoxy) is 1. The summed E-state index contributed by atoms with van der Waals surface area (Å²) in [5, 5.41) is 0. The Morgan fingerprint density at radius 2 is 2.15 bits per heavy atom. The van der Waals surface area contributed by atoms with Gasteiger partial charge in [-0.25, -0.2) is 13.1 Å². The first-order valence-electron chi connectivity index (χ1n) is 7.04. The molecule has 0 aromatic heterocycles. The van der Waals surface area contributed by atoms with E-state index in [1.807, 2.05) is 0 Å². The predicted octanol–water partition coefficient (Wildman–Crippen LogP) is -0.967. The van der Waals surface area contributed by atoms with Gasteiger partial charge in [0.15, 0.2) is 0 Å². The van der Waals surface area contributed by atoms with Crippen molar-refractivity contribution in [1.29, 1.82) is 0 Å². The van der Waals surface area contributed by atoms with Crippen molar-refractivity contribution in [3.63, 3.8) is 0 Å². The van der Waals surface area contributed by atoms with Crippen LogP contribution in [0, 0.1) is 0 Å². The Morgan fingerprint density at radius 1 is 1.40 bits per heavy atom. The number of carbonyl (C=O) groups is 1. The topological polar surface area (TPSA) is 102 Å². The minimum atomic E-state index is -3.31. The van der Waals surface area contributed by atoms with Crippen molar-refractivity contribution in [2.45, 2.75) is 43.9 Å². The molecule has 0 radical (unpaired) electrons. The van der Waals surface area contributed by atoms with Crippen molar-refractivity contribution in [2.75, 3.05) is 25.9 Å². The molecule has 2 rings (SSSR count). The Kier molecular flexibility index (Phi) is 5.00. The van der Waals surface area contributed by atoms with Crippen molar-refractivity contribution in [3.8, 4) is 0 Å². The van der Waals surface area contributed by atoms with Crippen molar-refractivity contribution in [1.82, 2.24) is 9.62 Å². The third kappa shape index (κ3) is 3.49. The number of sulfonamides is 1. The van der Waals surface area contributed by atoms with Gasteiger partial charge >= 0.3 is 0 Å². The maximum absolute atomic E-state index is 12.4. The highest BCUT2D eigenvalue weighted by atomic mass is 32.2. The average molecular weight is 305 g/mol. The van der Waals surface area contributed by atoms with Gasteiger partial charge in [0.25, 0.3) is 5.91 Å². The van der Waals surface area contributed by atoms with Gasteiger partial charge in [-0.05, 0) is 32.7 Å². The number of amides is 1. The van der Waals surface area contributed by atoms with E-state index in [4.69, 9.17) is 10.5 Å². The van der Waals surface area contributed by atoms with Gasteiger partial charge in [-0.3, -0.25) is 4.79 Å². The normalized spacial score (nSPS) is 30.9. The molecule has 0 aromatic carbocycles. The summed E-state index contributed by atoms with van der Waals surface area (Å²) in [5.74, 6) is -0.128. The fourth-order valence-corrected chi connectivity index (χ4v) is 3.90. The average Bonchev–Trinajstić information content (AvgIpc) is 3.06. The van der Waals surface area contributed by atoms with E-state index in [9.17, 15) is 13.2 Å². The first-order chi connectivity index (χ1) is 9.46. The summed E-state index contributed by atoms with van der Waals surface area (Å²) in [4.78, 5) is 14.1. The zero-order valence-electron chi connectivity index (χ0n) is 11.7. The molecule has 116 valence electrons. The zero-order valence-corrected chi connectivity index (χ0v) is 12.6. The summed E-state index contributed by atoms with van der Waals surface area (Å²) >= 11 is 0. The summed E-state index contributed by atoms with van der Waals surface area (Å²) in [6.45, 7) is 1.03. The minimum Gasteiger partial charge on any atom is -0.364 e. The number of carbonyl (C=O) groups excluding carboxylic acids is 1. The molecule has 3 atom stereocenters. The molecular weight excluding hydrogens is 282 g/mol. The van der Waals surface area contributed by atoms with E-state index in [0.29, 0.717) is 19.5 Å². The standard InChI is InChI=1S/C12H23N3O4S/c1-14-20(17,18)8-9-3-2-6-15(9)12(16)11-5-4-10(7-13)19-11/h9-11,14H,2-8,13H2,1H3/t9?,10-,11+/m1/s1. The van der Waals surface area contributed by atoms with Gasteiger partial charge in [-0.15, -0.1) is 0 Å². The van der Waals surface area contributed by atoms with Crippen molar-refractivity contribution in [2.24, 2.45) is 5.73 Å². The molecule has 8 heteroatoms. The summed E-state index contributed by atoms with van der Waals surface area (Å²) in [6.07, 6.45) is 2.51. The third-order valence-corrected chi connectivity index (χ3v) is 5.47. The highest BCUT2D eigenvalue weighted by Crippen LogP contribution is 2.25. The van der Waals surface area contributed by atoms with Gasteiger partial charge in [-0.1, -0.05) is 0 Å². The Bertz CT molecular complexity index is 454. The highest BCUT2D eigenvalue weighted by molar-refractivity contribution is 7.89. The smallest absolute Gasteiger partial charge is 0.251 e. The molecular formula is C12H23N3O4S. The number of rotatable bonds is 5. The van der Waals surface area contributed by atoms with Gasteiger partial charge < -0.3 is 15.4 Å². The summed E-state index contributed by atoms with van der Waals surface area (Å²) in [5.41, 5.74) is 5.54. The van der Waals surface area contributed by atoms with Gasteiger partial charge in [0.2, 0.25) is 10.0 Å². The van der Waals surface area contributed by atoms with E-state index in [-0.39, 0.29) is 23.8 Å². The van der Waals surface area contributed by atoms with Gasteiger partial charge in [0.05, 0.1) is 11.9 Å². The number of hydrogen-bond acceptors (Lipinski definition) is 5. The van der Waals surface area contributed by atoms with Crippen LogP contribution in [-0.2, 0) is 19.6 Å². The quantitative estimate of drug-likeness (QED) is 0.681. The van der Waals surface area contributed by atoms with Gasteiger partial charge in [0, 0.05) is 19.1 Å². The fourth-order valence-electron chi connectivity index (χ4n) is 2.88. The molecule has 2 aliphatic heterocycles. The summed E-state index contributed by atoms with van der Waals surface area (Å²) in [7, 11) is -1.92. The second kappa shape index (κ2) is 6.38. The van der Waals surface area contributed by atoms with Crippen LogP contribution < -0.4 is 10.5 Å². The van der Waals surface area contributed by atoms with Crippen LogP contribution in [0.5, 0.6) is 0 Å². The monoisotopic (exact) mass is 305 g/mol. The molecule has 1 unspecified atom stereocenters. The third-order valence-electron chi connectivity index (χ3n) is 4.03. The summed E-state index contributed by atoms with van der Waals surface area (Å²) in [6, 6.07) is -0.250. The molecule has 2 fully saturated rings. The van der Waals surface area contributed by atoms with Crippen LogP contribution in [-0.4, -0.2) is 63.4 Å². The molecule has 1 amide bonds. The van der Waals surface area contributed by atoms with Crippen LogP contribution in [0.1, 0.15) is 25.7 Å². The maximum atomic E-state index is 12.4. The lowest BCUT2D eigenvalue weighted by atomic mass is 10.1. The Labute approximate surface area is 119 Å². The molecule has 2 aliphatic rings. The van der Waals surface area contributed by atoms with Crippen LogP contribution in [0.4, 0.5) is 0 Å². The van der Waals surface area contributed by atoms with E-state index in [0.717, 1.165) is 19.3 Å². The Morgan fingerprint density at radius 3 is 2.75 bits per heavy atom. The van der Waals surface area contributed by atoms with E-state index >= 15 is 0 Å². The second-order valence-electron chi connectivity index (χ2n) is 5.37. The van der Waals surface area contributed by atoms with E-state index < -0.39 is 16.1 Å². The van der Waals surface area contributed by atoms with Crippen LogP contribution in [0.25, 0.3) is 0 Å². The lowest BCUT2D eigenvalue weighted by molar-refractivity contribution is -0.143. The first kappa shape index (κ1) is 15.7. The first-order valence-corrected chi connectivity index (χ1v) is 8.69. The number of hydrogen-bond donors (Lipinski definition) is 2. The lowest BCUT2D eigenvalue weighted by Crippen LogP contribution is -2.46. The Balaban J connectivity index is 1.98. The van der Waals surface area contributed by atoms with Crippen LogP contribution in [0.3, 0.4) is 0 Å². The Hall–Kier alpha value is -0.700. The molecule has 0 bridgehead atoms. The van der Waals surface area contributed by atoms with Crippen LogP contribution >= 0.6 is 0 Å². The summed E-state index contributed by atoms with van der Waals surface area (Å²) < 4.78 is 31.2. The molecule has 2 saturated heterocycles. The minimum absolute atomic E-state index is 0.0394. The van der Waals surface area contributed by atoms with Crippen LogP contribution in [0.15, 0.2) is 0 Å². The number of nitrogens with one attached hydrogen (secondary N) is 1. The zero-order chi connectivity index (χ0) is 14.8. The SMILES string of the molecule is CNS(=O)(=O)CC1CCCN1C(=O)[C@@H]1CC[C@H](CN)O1. The van der Waals surface area contributed by atoms with Crippen molar-refractivity contribution < 1.29 is 17.9 Å². The van der Waals surface area contributed by atoms with Crippen molar-refractivity contribution >= 4 is 15.9 Å². The van der Waals surface area contributed by atoms with E-state index in [1.165, 1.54) is 7.05 Å². The number of likely N-dealkylation sites (tertiary alicyclic amines) is 1. The van der Waals surface area contributed by atoms with E-state index in [1.54, 1.807) is 4.90 Å². The molecule has 3 N–H and O–H groups in total. The molecule has 0 spiro atoms. The molecule has 0 aromatic rings. The molecule has 0 saturated carbocycles. The molecule has 2 heterocycles. The molecule has 7 nitrogen and oxygen atoms in total. The number of nitrogens with two attached hydrogens (primary N) is 1. The number of nitrogens with zero attached hydrogens (tertiary/aromatic N) is 1. The van der Waals surface area contributed by atoms with Crippen molar-refractivity contribution in [3.05, 3.63) is 0 Å². The lowest BCUT2D eigenvalue weighted by Gasteiger charge is -2.27. The molecule has 20 heavy (non-hydrogen) atoms. The van der Waals surface area contributed by atoms with Gasteiger partial charge in [-0.2, -0.15) is 0 Å². The highest BCUT2D eigenvalue weighted by Gasteiger charge is 2.38. The van der Waals surface area contributed by atoms with E-state index in [2.05, 4.69) is 4.72 Å². The van der Waals surface area contributed by atoms with Gasteiger partial charge in [0.1, 0.15) is 6.10 Å². The second-order valence-corrected chi connectivity index (χ2v) is 7.34. The van der Waals surface area contributed by atoms with Crippen LogP contribution in [0.2, 0.25) is 0 Å². The molecule has 0 aliphatic carbocycles.